The smallest absolute Gasteiger partial charge is 0.260 e. The van der Waals surface area contributed by atoms with E-state index in [-0.39, 0.29) is 12.5 Å². The fourth-order valence-corrected chi connectivity index (χ4v) is 4.00. The van der Waals surface area contributed by atoms with Crippen LogP contribution in [0.25, 0.3) is 0 Å². The monoisotopic (exact) mass is 369 g/mol. The molecule has 4 rings (SSSR count). The Morgan fingerprint density at radius 3 is 2.81 bits per heavy atom. The minimum atomic E-state index is 0.0564. The van der Waals surface area contributed by atoms with E-state index < -0.39 is 0 Å². The van der Waals surface area contributed by atoms with E-state index >= 15 is 0 Å². The summed E-state index contributed by atoms with van der Waals surface area (Å²) in [7, 11) is 0. The van der Waals surface area contributed by atoms with Gasteiger partial charge in [-0.2, -0.15) is 0 Å². The van der Waals surface area contributed by atoms with Crippen LogP contribution in [0, 0.1) is 13.8 Å². The van der Waals surface area contributed by atoms with Gasteiger partial charge in [0.25, 0.3) is 5.91 Å². The van der Waals surface area contributed by atoms with E-state index in [1.54, 1.807) is 0 Å². The zero-order valence-electron chi connectivity index (χ0n) is 16.1. The first-order valence-electron chi connectivity index (χ1n) is 9.72. The highest BCUT2D eigenvalue weighted by molar-refractivity contribution is 5.78. The number of nitrogens with zero attached hydrogens (tertiary/aromatic N) is 4. The number of fused-ring (bicyclic) bond motifs is 1. The summed E-state index contributed by atoms with van der Waals surface area (Å²) in [6.07, 6.45) is 1.86. The van der Waals surface area contributed by atoms with Crippen LogP contribution in [0.4, 0.5) is 0 Å². The van der Waals surface area contributed by atoms with Crippen LogP contribution in [0.1, 0.15) is 41.5 Å². The van der Waals surface area contributed by atoms with Crippen molar-refractivity contribution in [3.8, 4) is 5.75 Å². The first kappa shape index (κ1) is 18.0. The maximum Gasteiger partial charge on any atom is 0.260 e. The zero-order chi connectivity index (χ0) is 18.8. The van der Waals surface area contributed by atoms with Crippen LogP contribution in [-0.4, -0.2) is 51.8 Å². The third-order valence-corrected chi connectivity index (χ3v) is 5.55. The largest absolute Gasteiger partial charge is 0.484 e. The summed E-state index contributed by atoms with van der Waals surface area (Å²) >= 11 is 0. The lowest BCUT2D eigenvalue weighted by Gasteiger charge is -2.32. The number of rotatable bonds is 4. The highest BCUT2D eigenvalue weighted by atomic mass is 16.5. The molecule has 1 aromatic carbocycles. The van der Waals surface area contributed by atoms with Crippen molar-refractivity contribution in [1.82, 2.24) is 25.0 Å². The van der Waals surface area contributed by atoms with Gasteiger partial charge in [0.15, 0.2) is 6.61 Å². The number of benzene rings is 1. The number of piperidine rings is 1. The van der Waals surface area contributed by atoms with Crippen molar-refractivity contribution >= 4 is 5.91 Å². The Morgan fingerprint density at radius 1 is 1.22 bits per heavy atom. The Morgan fingerprint density at radius 2 is 2.04 bits per heavy atom. The second-order valence-corrected chi connectivity index (χ2v) is 7.52. The first-order chi connectivity index (χ1) is 13.1. The van der Waals surface area contributed by atoms with Crippen LogP contribution in [0.5, 0.6) is 5.75 Å². The lowest BCUT2D eigenvalue weighted by atomic mass is 9.95. The second kappa shape index (κ2) is 7.68. The van der Waals surface area contributed by atoms with E-state index in [0.717, 1.165) is 68.5 Å². The molecular weight excluding hydrogens is 342 g/mol. The molecule has 0 atom stereocenters. The fourth-order valence-electron chi connectivity index (χ4n) is 4.00. The molecule has 2 aliphatic rings. The molecule has 7 heteroatoms. The van der Waals surface area contributed by atoms with Gasteiger partial charge < -0.3 is 19.5 Å². The molecule has 0 unspecified atom stereocenters. The van der Waals surface area contributed by atoms with Crippen molar-refractivity contribution in [2.75, 3.05) is 26.2 Å². The Bertz CT molecular complexity index is 824. The van der Waals surface area contributed by atoms with Gasteiger partial charge in [0.1, 0.15) is 17.4 Å². The van der Waals surface area contributed by atoms with Crippen molar-refractivity contribution in [2.45, 2.75) is 45.7 Å². The predicted octanol–water partition coefficient (Wildman–Crippen LogP) is 1.78. The molecule has 0 bridgehead atoms. The van der Waals surface area contributed by atoms with Gasteiger partial charge in [-0.3, -0.25) is 4.79 Å². The molecule has 1 amide bonds. The van der Waals surface area contributed by atoms with Crippen molar-refractivity contribution in [2.24, 2.45) is 0 Å². The maximum atomic E-state index is 12.5. The lowest BCUT2D eigenvalue weighted by molar-refractivity contribution is -0.134. The summed E-state index contributed by atoms with van der Waals surface area (Å²) < 4.78 is 8.01. The number of carbonyl (C=O) groups is 1. The van der Waals surface area contributed by atoms with E-state index in [1.165, 1.54) is 5.56 Å². The minimum Gasteiger partial charge on any atom is -0.484 e. The van der Waals surface area contributed by atoms with Crippen LogP contribution in [-0.2, 0) is 17.9 Å². The Kier molecular flexibility index (Phi) is 5.11. The lowest BCUT2D eigenvalue weighted by Crippen LogP contribution is -2.41. The quantitative estimate of drug-likeness (QED) is 0.889. The number of likely N-dealkylation sites (tertiary alicyclic amines) is 1. The van der Waals surface area contributed by atoms with Crippen LogP contribution in [0.3, 0.4) is 0 Å². The third-order valence-electron chi connectivity index (χ3n) is 5.55. The van der Waals surface area contributed by atoms with Crippen molar-refractivity contribution < 1.29 is 9.53 Å². The molecular formula is C20H27N5O2. The Labute approximate surface area is 159 Å². The van der Waals surface area contributed by atoms with Gasteiger partial charge in [-0.05, 0) is 38.3 Å². The molecule has 7 nitrogen and oxygen atoms in total. The normalized spacial score (nSPS) is 17.6. The molecule has 2 aliphatic heterocycles. The first-order valence-corrected chi connectivity index (χ1v) is 9.72. The van der Waals surface area contributed by atoms with Crippen molar-refractivity contribution in [1.29, 1.82) is 0 Å². The molecule has 1 saturated heterocycles. The van der Waals surface area contributed by atoms with Gasteiger partial charge in [0.2, 0.25) is 0 Å². The van der Waals surface area contributed by atoms with E-state index in [0.29, 0.717) is 5.92 Å². The number of aromatic nitrogens is 3. The summed E-state index contributed by atoms with van der Waals surface area (Å²) in [6.45, 7) is 8.34. The van der Waals surface area contributed by atoms with E-state index in [2.05, 4.69) is 33.1 Å². The Hall–Kier alpha value is -2.41. The molecule has 1 N–H and O–H groups in total. The number of carbonyl (C=O) groups excluding carboxylic acids is 1. The van der Waals surface area contributed by atoms with Crippen LogP contribution < -0.4 is 10.1 Å². The van der Waals surface area contributed by atoms with Gasteiger partial charge in [-0.15, -0.1) is 10.2 Å². The standard InChI is InChI=1S/C20H27N5O2/c1-14-3-4-17(15(2)11-14)27-13-19(26)24-8-5-16(6-9-24)20-23-22-18-12-21-7-10-25(18)20/h3-4,11,16,21H,5-10,12-13H2,1-2H3. The van der Waals surface area contributed by atoms with Crippen LogP contribution in [0.15, 0.2) is 18.2 Å². The number of hydrogen-bond donors (Lipinski definition) is 1. The number of aryl methyl sites for hydroxylation is 2. The third kappa shape index (κ3) is 3.83. The van der Waals surface area contributed by atoms with Gasteiger partial charge in [-0.1, -0.05) is 17.7 Å². The number of ether oxygens (including phenoxy) is 1. The average Bonchev–Trinajstić information content (AvgIpc) is 3.11. The van der Waals surface area contributed by atoms with Crippen molar-refractivity contribution in [3.63, 3.8) is 0 Å². The topological polar surface area (TPSA) is 72.3 Å². The summed E-state index contributed by atoms with van der Waals surface area (Å²) in [4.78, 5) is 14.4. The van der Waals surface area contributed by atoms with Gasteiger partial charge >= 0.3 is 0 Å². The predicted molar refractivity (Wildman–Crippen MR) is 102 cm³/mol. The van der Waals surface area contributed by atoms with Gasteiger partial charge in [0.05, 0.1) is 6.54 Å². The molecule has 27 heavy (non-hydrogen) atoms. The molecule has 0 aliphatic carbocycles. The molecule has 144 valence electrons. The van der Waals surface area contributed by atoms with E-state index in [9.17, 15) is 4.79 Å². The number of amides is 1. The molecule has 1 fully saturated rings. The average molecular weight is 369 g/mol. The maximum absolute atomic E-state index is 12.5. The molecule has 0 radical (unpaired) electrons. The van der Waals surface area contributed by atoms with Crippen LogP contribution in [0.2, 0.25) is 0 Å². The molecule has 3 heterocycles. The number of nitrogens with one attached hydrogen (secondary N) is 1. The zero-order valence-corrected chi connectivity index (χ0v) is 16.1. The summed E-state index contributed by atoms with van der Waals surface area (Å²) in [5.74, 6) is 3.34. The highest BCUT2D eigenvalue weighted by Crippen LogP contribution is 2.28. The second-order valence-electron chi connectivity index (χ2n) is 7.52. The molecule has 0 saturated carbocycles. The fraction of sp³-hybridized carbons (Fsp3) is 0.550. The summed E-state index contributed by atoms with van der Waals surface area (Å²) in [5, 5.41) is 12.1. The summed E-state index contributed by atoms with van der Waals surface area (Å²) in [5.41, 5.74) is 2.26. The van der Waals surface area contributed by atoms with E-state index in [4.69, 9.17) is 4.74 Å². The highest BCUT2D eigenvalue weighted by Gasteiger charge is 2.28. The minimum absolute atomic E-state index is 0.0564. The SMILES string of the molecule is Cc1ccc(OCC(=O)N2CCC(c3nnc4n3CCNC4)CC2)c(C)c1. The van der Waals surface area contributed by atoms with Gasteiger partial charge in [-0.25, -0.2) is 0 Å². The van der Waals surface area contributed by atoms with Crippen LogP contribution >= 0.6 is 0 Å². The summed E-state index contributed by atoms with van der Waals surface area (Å²) in [6, 6.07) is 6.01. The molecule has 1 aromatic heterocycles. The van der Waals surface area contributed by atoms with Gasteiger partial charge in [0, 0.05) is 32.1 Å². The number of hydrogen-bond acceptors (Lipinski definition) is 5. The van der Waals surface area contributed by atoms with Crippen molar-refractivity contribution in [3.05, 3.63) is 41.0 Å². The Balaban J connectivity index is 1.31. The molecule has 0 spiro atoms. The van der Waals surface area contributed by atoms with E-state index in [1.807, 2.05) is 24.0 Å². The molecule has 2 aromatic rings.